The van der Waals surface area contributed by atoms with Crippen LogP contribution in [-0.2, 0) is 12.7 Å². The van der Waals surface area contributed by atoms with Crippen LogP contribution in [0.25, 0.3) is 11.4 Å². The zero-order valence-electron chi connectivity index (χ0n) is 14.6. The number of aryl methyl sites for hydroxylation is 1. The Labute approximate surface area is 152 Å². The van der Waals surface area contributed by atoms with Gasteiger partial charge in [-0.2, -0.15) is 18.2 Å². The highest BCUT2D eigenvalue weighted by atomic mass is 19.4. The van der Waals surface area contributed by atoms with Crippen molar-refractivity contribution in [2.45, 2.75) is 26.6 Å². The topological polar surface area (TPSA) is 72.4 Å². The third-order valence-corrected chi connectivity index (χ3v) is 4.03. The van der Waals surface area contributed by atoms with Crippen LogP contribution in [0, 0.1) is 6.92 Å². The molecule has 0 N–H and O–H groups in total. The SMILES string of the molecule is CCN(Cc1occc1C)C(=O)c1ccc(-c2noc(C(F)(F)F)n2)cc1. The second-order valence-corrected chi connectivity index (χ2v) is 5.84. The lowest BCUT2D eigenvalue weighted by Gasteiger charge is -2.20. The van der Waals surface area contributed by atoms with Gasteiger partial charge in [0, 0.05) is 17.7 Å². The molecule has 0 aliphatic rings. The van der Waals surface area contributed by atoms with Crippen molar-refractivity contribution in [2.75, 3.05) is 6.54 Å². The number of alkyl halides is 3. The first kappa shape index (κ1) is 18.7. The van der Waals surface area contributed by atoms with Gasteiger partial charge in [0.2, 0.25) is 5.82 Å². The fraction of sp³-hybridized carbons (Fsp3) is 0.278. The molecule has 3 aromatic rings. The lowest BCUT2D eigenvalue weighted by atomic mass is 10.1. The van der Waals surface area contributed by atoms with E-state index in [0.29, 0.717) is 30.0 Å². The van der Waals surface area contributed by atoms with Gasteiger partial charge in [-0.25, -0.2) is 0 Å². The molecule has 2 heterocycles. The standard InChI is InChI=1S/C18H16F3N3O3/c1-3-24(10-14-11(2)8-9-26-14)16(25)13-6-4-12(5-7-13)15-22-17(27-23-15)18(19,20)21/h4-9H,3,10H2,1-2H3. The highest BCUT2D eigenvalue weighted by Crippen LogP contribution is 2.29. The zero-order chi connectivity index (χ0) is 19.6. The van der Waals surface area contributed by atoms with Gasteiger partial charge in [0.05, 0.1) is 12.8 Å². The van der Waals surface area contributed by atoms with E-state index in [1.807, 2.05) is 19.9 Å². The largest absolute Gasteiger partial charge is 0.471 e. The lowest BCUT2D eigenvalue weighted by molar-refractivity contribution is -0.159. The second-order valence-electron chi connectivity index (χ2n) is 5.84. The third kappa shape index (κ3) is 4.02. The van der Waals surface area contributed by atoms with Crippen molar-refractivity contribution in [2.24, 2.45) is 0 Å². The van der Waals surface area contributed by atoms with Gasteiger partial charge in [0.15, 0.2) is 0 Å². The minimum absolute atomic E-state index is 0.195. The van der Waals surface area contributed by atoms with Crippen LogP contribution in [0.1, 0.15) is 34.5 Å². The number of furan rings is 1. The van der Waals surface area contributed by atoms with Crippen LogP contribution >= 0.6 is 0 Å². The minimum Gasteiger partial charge on any atom is -0.467 e. The Morgan fingerprint density at radius 3 is 2.41 bits per heavy atom. The summed E-state index contributed by atoms with van der Waals surface area (Å²) in [6, 6.07) is 7.80. The maximum Gasteiger partial charge on any atom is 0.471 e. The molecule has 0 spiro atoms. The molecule has 0 unspecified atom stereocenters. The van der Waals surface area contributed by atoms with E-state index in [2.05, 4.69) is 14.7 Å². The monoisotopic (exact) mass is 379 g/mol. The van der Waals surface area contributed by atoms with Crippen LogP contribution in [0.3, 0.4) is 0 Å². The van der Waals surface area contributed by atoms with Gasteiger partial charge in [-0.15, -0.1) is 0 Å². The summed E-state index contributed by atoms with van der Waals surface area (Å²) in [7, 11) is 0. The average molecular weight is 379 g/mol. The average Bonchev–Trinajstić information content (AvgIpc) is 3.28. The molecule has 0 fully saturated rings. The first-order chi connectivity index (χ1) is 12.8. The number of rotatable bonds is 5. The molecule has 142 valence electrons. The molecule has 0 aliphatic heterocycles. The molecule has 0 bridgehead atoms. The quantitative estimate of drug-likeness (QED) is 0.660. The number of benzene rings is 1. The molecule has 9 heteroatoms. The maximum atomic E-state index is 12.7. The summed E-state index contributed by atoms with van der Waals surface area (Å²) in [4.78, 5) is 17.6. The molecule has 1 aromatic carbocycles. The summed E-state index contributed by atoms with van der Waals surface area (Å²) >= 11 is 0. The van der Waals surface area contributed by atoms with Crippen molar-refractivity contribution in [1.29, 1.82) is 0 Å². The van der Waals surface area contributed by atoms with E-state index >= 15 is 0 Å². The Hall–Kier alpha value is -3.10. The van der Waals surface area contributed by atoms with Gasteiger partial charge < -0.3 is 13.8 Å². The van der Waals surface area contributed by atoms with Crippen LogP contribution in [-0.4, -0.2) is 27.5 Å². The van der Waals surface area contributed by atoms with Crippen molar-refractivity contribution in [3.05, 3.63) is 59.4 Å². The number of carbonyl (C=O) groups excluding carboxylic acids is 1. The smallest absolute Gasteiger partial charge is 0.467 e. The molecular formula is C18H16F3N3O3. The van der Waals surface area contributed by atoms with Gasteiger partial charge in [0.25, 0.3) is 5.91 Å². The number of aromatic nitrogens is 2. The van der Waals surface area contributed by atoms with E-state index in [0.717, 1.165) is 5.56 Å². The summed E-state index contributed by atoms with van der Waals surface area (Å²) in [5, 5.41) is 3.32. The summed E-state index contributed by atoms with van der Waals surface area (Å²) < 4.78 is 47.2. The molecule has 0 radical (unpaired) electrons. The van der Waals surface area contributed by atoms with Crippen molar-refractivity contribution in [1.82, 2.24) is 15.0 Å². The molecule has 3 rings (SSSR count). The van der Waals surface area contributed by atoms with Crippen LogP contribution in [0.5, 0.6) is 0 Å². The second kappa shape index (κ2) is 7.26. The third-order valence-electron chi connectivity index (χ3n) is 4.03. The minimum atomic E-state index is -4.70. The van der Waals surface area contributed by atoms with E-state index in [-0.39, 0.29) is 11.7 Å². The van der Waals surface area contributed by atoms with E-state index in [9.17, 15) is 18.0 Å². The van der Waals surface area contributed by atoms with Gasteiger partial charge in [-0.3, -0.25) is 4.79 Å². The fourth-order valence-electron chi connectivity index (χ4n) is 2.47. The first-order valence-electron chi connectivity index (χ1n) is 8.13. The Kier molecular flexibility index (Phi) is 5.02. The molecular weight excluding hydrogens is 363 g/mol. The maximum absolute atomic E-state index is 12.7. The number of hydrogen-bond acceptors (Lipinski definition) is 5. The van der Waals surface area contributed by atoms with Crippen LogP contribution < -0.4 is 0 Å². The van der Waals surface area contributed by atoms with Crippen LogP contribution in [0.15, 0.2) is 45.5 Å². The van der Waals surface area contributed by atoms with E-state index < -0.39 is 12.1 Å². The predicted octanol–water partition coefficient (Wildman–Crippen LogP) is 4.32. The highest BCUT2D eigenvalue weighted by molar-refractivity contribution is 5.94. The summed E-state index contributed by atoms with van der Waals surface area (Å²) in [5.41, 5.74) is 1.66. The van der Waals surface area contributed by atoms with Crippen molar-refractivity contribution in [3.63, 3.8) is 0 Å². The van der Waals surface area contributed by atoms with Gasteiger partial charge in [-0.1, -0.05) is 17.3 Å². The number of hydrogen-bond donors (Lipinski definition) is 0. The normalized spacial score (nSPS) is 11.6. The number of amides is 1. The molecule has 27 heavy (non-hydrogen) atoms. The van der Waals surface area contributed by atoms with E-state index in [1.54, 1.807) is 11.2 Å². The Morgan fingerprint density at radius 2 is 1.89 bits per heavy atom. The molecule has 2 aromatic heterocycles. The molecule has 1 amide bonds. The van der Waals surface area contributed by atoms with E-state index in [4.69, 9.17) is 4.42 Å². The van der Waals surface area contributed by atoms with Gasteiger partial charge in [-0.05, 0) is 37.6 Å². The van der Waals surface area contributed by atoms with Crippen molar-refractivity contribution >= 4 is 5.91 Å². The fourth-order valence-corrected chi connectivity index (χ4v) is 2.47. The van der Waals surface area contributed by atoms with Crippen LogP contribution in [0.2, 0.25) is 0 Å². The summed E-state index contributed by atoms with van der Waals surface area (Å²) in [6.07, 6.45) is -3.13. The van der Waals surface area contributed by atoms with Crippen LogP contribution in [0.4, 0.5) is 13.2 Å². The Morgan fingerprint density at radius 1 is 1.19 bits per heavy atom. The van der Waals surface area contributed by atoms with Gasteiger partial charge >= 0.3 is 12.1 Å². The van der Waals surface area contributed by atoms with Crippen molar-refractivity contribution < 1.29 is 26.9 Å². The van der Waals surface area contributed by atoms with E-state index in [1.165, 1.54) is 24.3 Å². The zero-order valence-corrected chi connectivity index (χ0v) is 14.6. The molecule has 6 nitrogen and oxygen atoms in total. The lowest BCUT2D eigenvalue weighted by Crippen LogP contribution is -2.30. The molecule has 0 saturated carbocycles. The molecule has 0 saturated heterocycles. The highest BCUT2D eigenvalue weighted by Gasteiger charge is 2.38. The number of carbonyl (C=O) groups is 1. The van der Waals surface area contributed by atoms with Gasteiger partial charge in [0.1, 0.15) is 5.76 Å². The number of halogens is 3. The first-order valence-corrected chi connectivity index (χ1v) is 8.13. The summed E-state index contributed by atoms with van der Waals surface area (Å²) in [5.74, 6) is -1.12. The Bertz CT molecular complexity index is 929. The van der Waals surface area contributed by atoms with Crippen molar-refractivity contribution in [3.8, 4) is 11.4 Å². The molecule has 0 atom stereocenters. The molecule has 0 aliphatic carbocycles. The summed E-state index contributed by atoms with van der Waals surface area (Å²) in [6.45, 7) is 4.55. The predicted molar refractivity (Wildman–Crippen MR) is 88.6 cm³/mol. The Balaban J connectivity index is 1.76. The number of nitrogens with zero attached hydrogens (tertiary/aromatic N) is 3.